The van der Waals surface area contributed by atoms with Crippen molar-refractivity contribution in [3.8, 4) is 6.07 Å². The fraction of sp³-hybridized carbons (Fsp3) is 0.867. The summed E-state index contributed by atoms with van der Waals surface area (Å²) in [6.45, 7) is 5.19. The van der Waals surface area contributed by atoms with Crippen molar-refractivity contribution in [3.05, 3.63) is 9.81 Å². The molecule has 0 bridgehead atoms. The maximum Gasteiger partial charge on any atom is 0.350 e. The Labute approximate surface area is 223 Å². The molecule has 196 valence electrons. The smallest absolute Gasteiger partial charge is 0.350 e. The van der Waals surface area contributed by atoms with Crippen LogP contribution in [-0.4, -0.2) is 24.1 Å². The average molecular weight is 518 g/mol. The number of rotatable bonds is 7. The zero-order chi connectivity index (χ0) is 24.6. The minimum atomic E-state index is -0.385. The summed E-state index contributed by atoms with van der Waals surface area (Å²) in [5.41, 5.74) is 0.259. The van der Waals surface area contributed by atoms with Gasteiger partial charge < -0.3 is 4.74 Å². The second-order valence-corrected chi connectivity index (χ2v) is 14.4. The standard InChI is InChI=1S/C30H47NO2S2/c1-3-4-22-7-13-26(14-8-22)27-19-34-30(35-20-27)28(17-31)29(32)33-18-23-9-15-25(16-10-23)24-11-5-21(2)6-12-24/h21-27H,3-16,18-20H2,1-2H3. The Morgan fingerprint density at radius 3 is 1.89 bits per heavy atom. The van der Waals surface area contributed by atoms with E-state index < -0.39 is 0 Å². The summed E-state index contributed by atoms with van der Waals surface area (Å²) in [4.78, 5) is 12.8. The van der Waals surface area contributed by atoms with Gasteiger partial charge in [-0.3, -0.25) is 0 Å². The molecule has 1 saturated heterocycles. The first-order chi connectivity index (χ1) is 17.1. The lowest BCUT2D eigenvalue weighted by Crippen LogP contribution is -2.28. The number of esters is 1. The van der Waals surface area contributed by atoms with Crippen molar-refractivity contribution in [3.63, 3.8) is 0 Å². The van der Waals surface area contributed by atoms with E-state index in [1.807, 2.05) is 0 Å². The van der Waals surface area contributed by atoms with Crippen LogP contribution in [0.2, 0.25) is 0 Å². The Balaban J connectivity index is 1.18. The molecule has 3 saturated carbocycles. The lowest BCUT2D eigenvalue weighted by Gasteiger charge is -2.37. The molecule has 3 nitrogen and oxygen atoms in total. The summed E-state index contributed by atoms with van der Waals surface area (Å²) < 4.78 is 6.62. The lowest BCUT2D eigenvalue weighted by molar-refractivity contribution is -0.140. The van der Waals surface area contributed by atoms with Gasteiger partial charge in [-0.05, 0) is 92.8 Å². The molecule has 0 N–H and O–H groups in total. The summed E-state index contributed by atoms with van der Waals surface area (Å²) in [6, 6.07) is 2.19. The quantitative estimate of drug-likeness (QED) is 0.192. The second-order valence-electron chi connectivity index (χ2n) is 12.1. The highest BCUT2D eigenvalue weighted by atomic mass is 32.2. The summed E-state index contributed by atoms with van der Waals surface area (Å²) in [6.07, 6.45) is 18.8. The van der Waals surface area contributed by atoms with Gasteiger partial charge in [0.05, 0.1) is 10.8 Å². The van der Waals surface area contributed by atoms with Crippen LogP contribution < -0.4 is 0 Å². The van der Waals surface area contributed by atoms with Crippen LogP contribution in [0.3, 0.4) is 0 Å². The van der Waals surface area contributed by atoms with Gasteiger partial charge in [-0.2, -0.15) is 5.26 Å². The van der Waals surface area contributed by atoms with Gasteiger partial charge in [0.25, 0.3) is 0 Å². The fourth-order valence-electron chi connectivity index (χ4n) is 7.25. The molecule has 1 heterocycles. The van der Waals surface area contributed by atoms with Gasteiger partial charge in [0.15, 0.2) is 5.57 Å². The maximum absolute atomic E-state index is 12.8. The largest absolute Gasteiger partial charge is 0.461 e. The van der Waals surface area contributed by atoms with Crippen LogP contribution in [0, 0.1) is 52.8 Å². The molecule has 5 heteroatoms. The summed E-state index contributed by atoms with van der Waals surface area (Å²) >= 11 is 3.47. The molecule has 4 aliphatic rings. The number of hydrogen-bond acceptors (Lipinski definition) is 5. The van der Waals surface area contributed by atoms with E-state index in [0.717, 1.165) is 51.3 Å². The minimum Gasteiger partial charge on any atom is -0.461 e. The van der Waals surface area contributed by atoms with Gasteiger partial charge in [-0.1, -0.05) is 52.4 Å². The van der Waals surface area contributed by atoms with Gasteiger partial charge in [0.2, 0.25) is 0 Å². The Hall–Kier alpha value is -0.600. The Morgan fingerprint density at radius 1 is 0.829 bits per heavy atom. The van der Waals surface area contributed by atoms with E-state index in [4.69, 9.17) is 4.74 Å². The summed E-state index contributed by atoms with van der Waals surface area (Å²) in [5, 5.41) is 9.74. The number of nitriles is 1. The maximum atomic E-state index is 12.8. The number of thioether (sulfide) groups is 2. The predicted molar refractivity (Wildman–Crippen MR) is 149 cm³/mol. The number of nitrogens with zero attached hydrogens (tertiary/aromatic N) is 1. The van der Waals surface area contributed by atoms with Gasteiger partial charge in [-0.25, -0.2) is 4.79 Å². The second kappa shape index (κ2) is 13.8. The van der Waals surface area contributed by atoms with Crippen LogP contribution in [0.1, 0.15) is 104 Å². The Bertz CT molecular complexity index is 741. The summed E-state index contributed by atoms with van der Waals surface area (Å²) in [7, 11) is 0. The van der Waals surface area contributed by atoms with Crippen molar-refractivity contribution in [2.45, 2.75) is 104 Å². The third kappa shape index (κ3) is 7.70. The minimum absolute atomic E-state index is 0.259. The van der Waals surface area contributed by atoms with E-state index in [1.54, 1.807) is 23.5 Å². The Morgan fingerprint density at radius 2 is 1.34 bits per heavy atom. The third-order valence-electron chi connectivity index (χ3n) is 9.70. The first kappa shape index (κ1) is 27.4. The molecule has 0 aromatic carbocycles. The van der Waals surface area contributed by atoms with E-state index >= 15 is 0 Å². The van der Waals surface area contributed by atoms with Crippen molar-refractivity contribution >= 4 is 29.5 Å². The van der Waals surface area contributed by atoms with Crippen LogP contribution in [-0.2, 0) is 9.53 Å². The summed E-state index contributed by atoms with van der Waals surface area (Å²) in [5.74, 6) is 7.41. The van der Waals surface area contributed by atoms with Crippen molar-refractivity contribution in [2.24, 2.45) is 41.4 Å². The van der Waals surface area contributed by atoms with Crippen molar-refractivity contribution in [1.29, 1.82) is 5.26 Å². The van der Waals surface area contributed by atoms with Crippen LogP contribution in [0.15, 0.2) is 9.81 Å². The highest BCUT2D eigenvalue weighted by molar-refractivity contribution is 8.22. The molecular weight excluding hydrogens is 470 g/mol. The molecule has 0 unspecified atom stereocenters. The van der Waals surface area contributed by atoms with Crippen LogP contribution in [0.4, 0.5) is 0 Å². The predicted octanol–water partition coefficient (Wildman–Crippen LogP) is 8.60. The molecule has 0 aromatic heterocycles. The first-order valence-corrected chi connectivity index (χ1v) is 16.6. The molecule has 3 aliphatic carbocycles. The van der Waals surface area contributed by atoms with Crippen LogP contribution >= 0.6 is 23.5 Å². The van der Waals surface area contributed by atoms with Crippen molar-refractivity contribution in [1.82, 2.24) is 0 Å². The van der Waals surface area contributed by atoms with E-state index in [0.29, 0.717) is 12.5 Å². The van der Waals surface area contributed by atoms with Gasteiger partial charge in [0, 0.05) is 11.5 Å². The number of hydrogen-bond donors (Lipinski definition) is 0. The number of carbonyl (C=O) groups excluding carboxylic acids is 1. The van der Waals surface area contributed by atoms with Gasteiger partial charge in [-0.15, -0.1) is 23.5 Å². The molecule has 0 radical (unpaired) electrons. The van der Waals surface area contributed by atoms with Gasteiger partial charge in [0.1, 0.15) is 6.07 Å². The first-order valence-electron chi connectivity index (χ1n) is 14.6. The van der Waals surface area contributed by atoms with Crippen LogP contribution in [0.25, 0.3) is 0 Å². The lowest BCUT2D eigenvalue weighted by atomic mass is 9.69. The molecule has 0 aromatic rings. The number of carbonyl (C=O) groups is 1. The molecule has 35 heavy (non-hydrogen) atoms. The van der Waals surface area contributed by atoms with Gasteiger partial charge >= 0.3 is 5.97 Å². The Kier molecular flexibility index (Phi) is 10.8. The molecular formula is C30H47NO2S2. The highest BCUT2D eigenvalue weighted by Crippen LogP contribution is 2.46. The molecule has 4 rings (SSSR count). The molecule has 0 amide bonds. The normalized spacial score (nSPS) is 36.3. The third-order valence-corrected chi connectivity index (χ3v) is 12.5. The van der Waals surface area contributed by atoms with Crippen LogP contribution in [0.5, 0.6) is 0 Å². The zero-order valence-corrected chi connectivity index (χ0v) is 23.8. The van der Waals surface area contributed by atoms with E-state index in [2.05, 4.69) is 19.9 Å². The molecule has 0 spiro atoms. The van der Waals surface area contributed by atoms with E-state index in [-0.39, 0.29) is 11.5 Å². The zero-order valence-electron chi connectivity index (χ0n) is 22.1. The van der Waals surface area contributed by atoms with E-state index in [9.17, 15) is 10.1 Å². The SMILES string of the molecule is CCCC1CCC(C2CSC(=C(C#N)C(=O)OCC3CCC(C4CCC(C)CC4)CC3)SC2)CC1. The number of ether oxygens (including phenoxy) is 1. The van der Waals surface area contributed by atoms with E-state index in [1.165, 1.54) is 89.9 Å². The topological polar surface area (TPSA) is 50.1 Å². The molecule has 1 aliphatic heterocycles. The van der Waals surface area contributed by atoms with Crippen molar-refractivity contribution in [2.75, 3.05) is 18.1 Å². The average Bonchev–Trinajstić information content (AvgIpc) is 2.90. The van der Waals surface area contributed by atoms with Crippen molar-refractivity contribution < 1.29 is 9.53 Å². The molecule has 0 atom stereocenters. The molecule has 4 fully saturated rings. The fourth-order valence-corrected chi connectivity index (χ4v) is 10.2. The monoisotopic (exact) mass is 517 g/mol. The highest BCUT2D eigenvalue weighted by Gasteiger charge is 2.33.